The number of hydrogen-bond acceptors (Lipinski definition) is 6. The van der Waals surface area contributed by atoms with E-state index in [1.165, 1.54) is 23.9 Å². The Morgan fingerprint density at radius 2 is 2.14 bits per heavy atom. The fourth-order valence-corrected chi connectivity index (χ4v) is 2.64. The molecule has 1 aliphatic rings. The summed E-state index contributed by atoms with van der Waals surface area (Å²) >= 11 is 1.53. The first-order valence-electron chi connectivity index (χ1n) is 6.67. The number of thioether (sulfide) groups is 1. The van der Waals surface area contributed by atoms with Crippen molar-refractivity contribution in [2.75, 3.05) is 13.1 Å². The Kier molecular flexibility index (Phi) is 4.23. The van der Waals surface area contributed by atoms with Crippen molar-refractivity contribution in [3.63, 3.8) is 0 Å². The molecule has 0 spiro atoms. The van der Waals surface area contributed by atoms with Gasteiger partial charge in [-0.05, 0) is 31.2 Å². The summed E-state index contributed by atoms with van der Waals surface area (Å²) in [4.78, 5) is 5.25. The monoisotopic (exact) mass is 309 g/mol. The highest BCUT2D eigenvalue weighted by molar-refractivity contribution is 7.98. The Hall–Kier alpha value is -1.44. The van der Waals surface area contributed by atoms with Gasteiger partial charge in [-0.25, -0.2) is 4.39 Å². The molecule has 0 amide bonds. The number of rotatable bonds is 6. The van der Waals surface area contributed by atoms with Crippen molar-refractivity contribution in [3.05, 3.63) is 41.8 Å². The van der Waals surface area contributed by atoms with Crippen LogP contribution in [0, 0.1) is 5.82 Å². The Bertz CT molecular complexity index is 599. The van der Waals surface area contributed by atoms with Crippen LogP contribution in [0.15, 0.2) is 33.7 Å². The van der Waals surface area contributed by atoms with Crippen molar-refractivity contribution < 1.29 is 13.7 Å². The van der Waals surface area contributed by atoms with Gasteiger partial charge in [-0.15, -0.1) is 11.8 Å². The van der Waals surface area contributed by atoms with Crippen LogP contribution in [0.4, 0.5) is 4.39 Å². The summed E-state index contributed by atoms with van der Waals surface area (Å²) in [5.41, 5.74) is -0.127. The van der Waals surface area contributed by atoms with Gasteiger partial charge in [0, 0.05) is 18.0 Å². The van der Waals surface area contributed by atoms with Gasteiger partial charge in [0.1, 0.15) is 12.4 Å². The lowest BCUT2D eigenvalue weighted by Gasteiger charge is -2.38. The van der Waals surface area contributed by atoms with Gasteiger partial charge in [0.15, 0.2) is 5.82 Å². The van der Waals surface area contributed by atoms with Crippen molar-refractivity contribution in [2.45, 2.75) is 29.8 Å². The maximum absolute atomic E-state index is 12.8. The molecule has 0 atom stereocenters. The highest BCUT2D eigenvalue weighted by atomic mass is 32.2. The first-order chi connectivity index (χ1) is 10.1. The number of nitrogens with zero attached hydrogens (tertiary/aromatic N) is 2. The summed E-state index contributed by atoms with van der Waals surface area (Å²) in [6, 6.07) is 6.33. The number of hydrogen-bond donors (Lipinski definition) is 1. The van der Waals surface area contributed by atoms with Crippen molar-refractivity contribution in [3.8, 4) is 0 Å². The molecule has 3 rings (SSSR count). The first kappa shape index (κ1) is 14.5. The van der Waals surface area contributed by atoms with E-state index in [1.807, 2.05) is 6.92 Å². The van der Waals surface area contributed by atoms with Gasteiger partial charge in [-0.3, -0.25) is 0 Å². The van der Waals surface area contributed by atoms with E-state index in [0.717, 1.165) is 18.0 Å². The normalized spacial score (nSPS) is 16.7. The lowest BCUT2D eigenvalue weighted by atomic mass is 10.0. The third kappa shape index (κ3) is 3.81. The second-order valence-corrected chi connectivity index (χ2v) is 6.24. The van der Waals surface area contributed by atoms with Crippen LogP contribution in [0.1, 0.15) is 18.6 Å². The Labute approximate surface area is 126 Å². The maximum Gasteiger partial charge on any atom is 0.252 e. The molecule has 7 heteroatoms. The molecule has 1 fully saturated rings. The van der Waals surface area contributed by atoms with Gasteiger partial charge in [0.05, 0.1) is 11.4 Å². The molecular weight excluding hydrogens is 293 g/mol. The van der Waals surface area contributed by atoms with Gasteiger partial charge < -0.3 is 14.6 Å². The van der Waals surface area contributed by atoms with Crippen LogP contribution in [0.2, 0.25) is 0 Å². The van der Waals surface area contributed by atoms with Crippen molar-refractivity contribution >= 4 is 11.8 Å². The summed E-state index contributed by atoms with van der Waals surface area (Å²) in [6.07, 6.45) is 0. The average molecular weight is 309 g/mol. The SMILES string of the molecule is CC1(OCc2nc(CSc3ccc(F)cc3)no2)CNC1. The summed E-state index contributed by atoms with van der Waals surface area (Å²) in [7, 11) is 0. The number of halogens is 1. The molecular formula is C14H16FN3O2S. The molecule has 5 nitrogen and oxygen atoms in total. The number of ether oxygens (including phenoxy) is 1. The van der Waals surface area contributed by atoms with Crippen LogP contribution in [-0.4, -0.2) is 28.8 Å². The minimum absolute atomic E-state index is 0.127. The standard InChI is InChI=1S/C14H16FN3O2S/c1-14(8-16-9-14)19-6-13-17-12(18-20-13)7-21-11-4-2-10(15)3-5-11/h2-5,16H,6-9H2,1H3. The zero-order valence-corrected chi connectivity index (χ0v) is 12.5. The second-order valence-electron chi connectivity index (χ2n) is 5.19. The minimum atomic E-state index is -0.239. The average Bonchev–Trinajstić information content (AvgIpc) is 2.90. The molecule has 2 heterocycles. The third-order valence-corrected chi connectivity index (χ3v) is 4.24. The lowest BCUT2D eigenvalue weighted by molar-refractivity contribution is -0.0841. The first-order valence-corrected chi connectivity index (χ1v) is 7.66. The molecule has 1 aliphatic heterocycles. The van der Waals surface area contributed by atoms with Crippen molar-refractivity contribution in [1.29, 1.82) is 0 Å². The van der Waals surface area contributed by atoms with E-state index in [-0.39, 0.29) is 11.4 Å². The smallest absolute Gasteiger partial charge is 0.252 e. The van der Waals surface area contributed by atoms with Gasteiger partial charge in [-0.1, -0.05) is 5.16 Å². The van der Waals surface area contributed by atoms with E-state index >= 15 is 0 Å². The van der Waals surface area contributed by atoms with Crippen molar-refractivity contribution in [2.24, 2.45) is 0 Å². The van der Waals surface area contributed by atoms with Crippen LogP contribution in [0.5, 0.6) is 0 Å². The van der Waals surface area contributed by atoms with Crippen LogP contribution in [-0.2, 0) is 17.1 Å². The van der Waals surface area contributed by atoms with E-state index in [9.17, 15) is 4.39 Å². The van der Waals surface area contributed by atoms with Crippen LogP contribution < -0.4 is 5.32 Å². The topological polar surface area (TPSA) is 60.2 Å². The fraction of sp³-hybridized carbons (Fsp3) is 0.429. The van der Waals surface area contributed by atoms with Crippen LogP contribution >= 0.6 is 11.8 Å². The molecule has 1 aromatic heterocycles. The highest BCUT2D eigenvalue weighted by Gasteiger charge is 2.32. The predicted octanol–water partition coefficient (Wildman–Crippen LogP) is 2.38. The summed E-state index contributed by atoms with van der Waals surface area (Å²) in [6.45, 7) is 4.06. The quantitative estimate of drug-likeness (QED) is 0.827. The van der Waals surface area contributed by atoms with Gasteiger partial charge in [0.2, 0.25) is 0 Å². The van der Waals surface area contributed by atoms with E-state index in [4.69, 9.17) is 9.26 Å². The molecule has 0 bridgehead atoms. The molecule has 0 aliphatic carbocycles. The van der Waals surface area contributed by atoms with E-state index in [1.54, 1.807) is 12.1 Å². The van der Waals surface area contributed by atoms with Crippen LogP contribution in [0.3, 0.4) is 0 Å². The second kappa shape index (κ2) is 6.13. The lowest BCUT2D eigenvalue weighted by Crippen LogP contribution is -2.58. The summed E-state index contributed by atoms with van der Waals surface area (Å²) < 4.78 is 23.7. The van der Waals surface area contributed by atoms with E-state index in [2.05, 4.69) is 15.5 Å². The zero-order valence-electron chi connectivity index (χ0n) is 11.6. The molecule has 1 aromatic carbocycles. The molecule has 0 saturated carbocycles. The zero-order chi connectivity index (χ0) is 14.7. The molecule has 1 N–H and O–H groups in total. The van der Waals surface area contributed by atoms with E-state index < -0.39 is 0 Å². The van der Waals surface area contributed by atoms with E-state index in [0.29, 0.717) is 24.1 Å². The molecule has 21 heavy (non-hydrogen) atoms. The number of nitrogens with one attached hydrogen (secondary N) is 1. The highest BCUT2D eigenvalue weighted by Crippen LogP contribution is 2.22. The Balaban J connectivity index is 1.49. The fourth-order valence-electron chi connectivity index (χ4n) is 1.90. The maximum atomic E-state index is 12.8. The summed E-state index contributed by atoms with van der Waals surface area (Å²) in [5, 5.41) is 7.08. The minimum Gasteiger partial charge on any atom is -0.363 e. The molecule has 0 unspecified atom stereocenters. The predicted molar refractivity (Wildman–Crippen MR) is 76.3 cm³/mol. The molecule has 112 valence electrons. The molecule has 0 radical (unpaired) electrons. The summed E-state index contributed by atoms with van der Waals surface area (Å²) in [5.74, 6) is 1.43. The van der Waals surface area contributed by atoms with Gasteiger partial charge >= 0.3 is 0 Å². The van der Waals surface area contributed by atoms with Gasteiger partial charge in [-0.2, -0.15) is 4.98 Å². The van der Waals surface area contributed by atoms with Crippen LogP contribution in [0.25, 0.3) is 0 Å². The third-order valence-electron chi connectivity index (χ3n) is 3.23. The Morgan fingerprint density at radius 1 is 1.38 bits per heavy atom. The number of benzene rings is 1. The largest absolute Gasteiger partial charge is 0.363 e. The van der Waals surface area contributed by atoms with Crippen molar-refractivity contribution in [1.82, 2.24) is 15.5 Å². The van der Waals surface area contributed by atoms with Gasteiger partial charge in [0.25, 0.3) is 5.89 Å². The Morgan fingerprint density at radius 3 is 2.81 bits per heavy atom. The molecule has 2 aromatic rings. The molecule has 1 saturated heterocycles. The number of aromatic nitrogens is 2.